The van der Waals surface area contributed by atoms with Crippen LogP contribution in [0.15, 0.2) is 30.3 Å². The largest absolute Gasteiger partial charge is 0.481 e. The molecule has 1 aromatic carbocycles. The number of para-hydroxylation sites is 1. The predicted molar refractivity (Wildman–Crippen MR) is 87.1 cm³/mol. The van der Waals surface area contributed by atoms with E-state index in [0.29, 0.717) is 31.9 Å². The first-order chi connectivity index (χ1) is 11.2. The van der Waals surface area contributed by atoms with E-state index in [1.54, 1.807) is 11.8 Å². The van der Waals surface area contributed by atoms with E-state index < -0.39 is 6.10 Å². The van der Waals surface area contributed by atoms with Crippen molar-refractivity contribution in [1.29, 1.82) is 0 Å². The summed E-state index contributed by atoms with van der Waals surface area (Å²) in [5, 5.41) is 0. The molecule has 5 heteroatoms. The average Bonchev–Trinajstić information content (AvgIpc) is 2.60. The Bertz CT molecular complexity index is 517. The number of benzene rings is 1. The van der Waals surface area contributed by atoms with Gasteiger partial charge in [0.25, 0.3) is 5.91 Å². The first kappa shape index (κ1) is 17.3. The summed E-state index contributed by atoms with van der Waals surface area (Å²) in [4.78, 5) is 26.4. The van der Waals surface area contributed by atoms with Gasteiger partial charge < -0.3 is 14.4 Å². The van der Waals surface area contributed by atoms with Crippen LogP contribution in [-0.4, -0.2) is 42.6 Å². The lowest BCUT2D eigenvalue weighted by atomic mass is 9.97. The maximum atomic E-state index is 12.7. The molecule has 2 atom stereocenters. The molecule has 1 heterocycles. The lowest BCUT2D eigenvalue weighted by Crippen LogP contribution is -2.48. The highest BCUT2D eigenvalue weighted by Gasteiger charge is 2.32. The normalized spacial score (nSPS) is 19.0. The van der Waals surface area contributed by atoms with Crippen LogP contribution in [-0.2, 0) is 14.3 Å². The average molecular weight is 319 g/mol. The topological polar surface area (TPSA) is 55.8 Å². The summed E-state index contributed by atoms with van der Waals surface area (Å²) in [6.07, 6.45) is 1.67. The Morgan fingerprint density at radius 1 is 1.26 bits per heavy atom. The summed E-state index contributed by atoms with van der Waals surface area (Å²) in [7, 11) is 0. The highest BCUT2D eigenvalue weighted by molar-refractivity contribution is 5.82. The zero-order valence-electron chi connectivity index (χ0n) is 13.9. The van der Waals surface area contributed by atoms with Crippen molar-refractivity contribution in [2.45, 2.75) is 39.2 Å². The lowest BCUT2D eigenvalue weighted by Gasteiger charge is -2.33. The second kappa shape index (κ2) is 8.56. The zero-order valence-corrected chi connectivity index (χ0v) is 13.9. The highest BCUT2D eigenvalue weighted by Crippen LogP contribution is 2.21. The molecule has 0 N–H and O–H groups in total. The van der Waals surface area contributed by atoms with Crippen molar-refractivity contribution in [2.75, 3.05) is 19.7 Å². The molecule has 0 radical (unpaired) electrons. The number of esters is 1. The number of ether oxygens (including phenoxy) is 2. The van der Waals surface area contributed by atoms with E-state index in [0.717, 1.165) is 12.8 Å². The Kier molecular flexibility index (Phi) is 6.44. The van der Waals surface area contributed by atoms with E-state index >= 15 is 0 Å². The van der Waals surface area contributed by atoms with Gasteiger partial charge >= 0.3 is 5.97 Å². The third-order valence-electron chi connectivity index (χ3n) is 4.02. The number of carbonyl (C=O) groups excluding carboxylic acids is 2. The molecule has 0 saturated carbocycles. The molecule has 1 aliphatic heterocycles. The van der Waals surface area contributed by atoms with Crippen LogP contribution in [0.2, 0.25) is 0 Å². The molecular weight excluding hydrogens is 294 g/mol. The first-order valence-electron chi connectivity index (χ1n) is 8.32. The molecule has 1 fully saturated rings. The maximum Gasteiger partial charge on any atom is 0.310 e. The number of amides is 1. The molecule has 1 amide bonds. The van der Waals surface area contributed by atoms with Gasteiger partial charge in [0.2, 0.25) is 0 Å². The van der Waals surface area contributed by atoms with E-state index in [1.165, 1.54) is 0 Å². The van der Waals surface area contributed by atoms with Gasteiger partial charge in [-0.1, -0.05) is 25.1 Å². The van der Waals surface area contributed by atoms with Crippen LogP contribution >= 0.6 is 0 Å². The summed E-state index contributed by atoms with van der Waals surface area (Å²) in [6, 6.07) is 9.35. The van der Waals surface area contributed by atoms with Crippen LogP contribution in [0.5, 0.6) is 5.75 Å². The van der Waals surface area contributed by atoms with Crippen molar-refractivity contribution in [1.82, 2.24) is 4.90 Å². The number of likely N-dealkylation sites (tertiary alicyclic amines) is 1. The van der Waals surface area contributed by atoms with Crippen LogP contribution in [0.3, 0.4) is 0 Å². The summed E-state index contributed by atoms with van der Waals surface area (Å²) < 4.78 is 10.9. The first-order valence-corrected chi connectivity index (χ1v) is 8.32. The van der Waals surface area contributed by atoms with Gasteiger partial charge in [0.05, 0.1) is 12.5 Å². The van der Waals surface area contributed by atoms with Gasteiger partial charge in [-0.3, -0.25) is 9.59 Å². The Hall–Kier alpha value is -2.04. The quantitative estimate of drug-likeness (QED) is 0.756. The van der Waals surface area contributed by atoms with Crippen LogP contribution in [0.25, 0.3) is 0 Å². The van der Waals surface area contributed by atoms with Crippen LogP contribution in [0, 0.1) is 5.92 Å². The Labute approximate surface area is 137 Å². The fraction of sp³-hybridized carbons (Fsp3) is 0.556. The highest BCUT2D eigenvalue weighted by atomic mass is 16.5. The minimum Gasteiger partial charge on any atom is -0.481 e. The monoisotopic (exact) mass is 319 g/mol. The van der Waals surface area contributed by atoms with Crippen LogP contribution in [0.1, 0.15) is 33.1 Å². The molecular formula is C18H25NO4. The maximum absolute atomic E-state index is 12.7. The third kappa shape index (κ3) is 4.71. The standard InChI is InChI=1S/C18H25NO4/c1-3-16(23-15-10-6-5-7-11-15)17(20)19-12-8-9-14(13-19)18(21)22-4-2/h5-7,10-11,14,16H,3-4,8-9,12-13H2,1-2H3. The summed E-state index contributed by atoms with van der Waals surface area (Å²) >= 11 is 0. The van der Waals surface area contributed by atoms with Gasteiger partial charge in [0.1, 0.15) is 5.75 Å². The fourth-order valence-electron chi connectivity index (χ4n) is 2.81. The van der Waals surface area contributed by atoms with Gasteiger partial charge in [-0.05, 0) is 38.3 Å². The predicted octanol–water partition coefficient (Wildman–Crippen LogP) is 2.65. The number of nitrogens with zero attached hydrogens (tertiary/aromatic N) is 1. The van der Waals surface area contributed by atoms with Crippen LogP contribution < -0.4 is 4.74 Å². The molecule has 2 rings (SSSR count). The number of piperidine rings is 1. The van der Waals surface area contributed by atoms with Crippen molar-refractivity contribution < 1.29 is 19.1 Å². The van der Waals surface area contributed by atoms with Crippen molar-refractivity contribution >= 4 is 11.9 Å². The molecule has 0 spiro atoms. The molecule has 1 aromatic rings. The lowest BCUT2D eigenvalue weighted by molar-refractivity contribution is -0.152. The van der Waals surface area contributed by atoms with Gasteiger partial charge in [-0.15, -0.1) is 0 Å². The van der Waals surface area contributed by atoms with Gasteiger partial charge in [0.15, 0.2) is 6.10 Å². The number of carbonyl (C=O) groups is 2. The van der Waals surface area contributed by atoms with E-state index in [1.807, 2.05) is 37.3 Å². The Morgan fingerprint density at radius 3 is 2.65 bits per heavy atom. The minimum atomic E-state index is -0.515. The number of rotatable bonds is 6. The van der Waals surface area contributed by atoms with Crippen molar-refractivity contribution in [2.24, 2.45) is 5.92 Å². The second-order valence-corrected chi connectivity index (χ2v) is 5.70. The molecule has 1 saturated heterocycles. The zero-order chi connectivity index (χ0) is 16.7. The van der Waals surface area contributed by atoms with Gasteiger partial charge in [-0.25, -0.2) is 0 Å². The van der Waals surface area contributed by atoms with E-state index in [9.17, 15) is 9.59 Å². The van der Waals surface area contributed by atoms with E-state index in [4.69, 9.17) is 9.47 Å². The third-order valence-corrected chi connectivity index (χ3v) is 4.02. The SMILES string of the molecule is CCOC(=O)C1CCCN(C(=O)C(CC)Oc2ccccc2)C1. The second-order valence-electron chi connectivity index (χ2n) is 5.70. The van der Waals surface area contributed by atoms with E-state index in [2.05, 4.69) is 0 Å². The molecule has 1 aliphatic rings. The number of hydrogen-bond donors (Lipinski definition) is 0. The van der Waals surface area contributed by atoms with Crippen molar-refractivity contribution in [3.05, 3.63) is 30.3 Å². The van der Waals surface area contributed by atoms with Crippen LogP contribution in [0.4, 0.5) is 0 Å². The summed E-state index contributed by atoms with van der Waals surface area (Å²) in [5.74, 6) is 0.209. The molecule has 23 heavy (non-hydrogen) atoms. The fourth-order valence-corrected chi connectivity index (χ4v) is 2.81. The Morgan fingerprint density at radius 2 is 2.00 bits per heavy atom. The van der Waals surface area contributed by atoms with Crippen molar-refractivity contribution in [3.63, 3.8) is 0 Å². The summed E-state index contributed by atoms with van der Waals surface area (Å²) in [5.41, 5.74) is 0. The number of hydrogen-bond acceptors (Lipinski definition) is 4. The minimum absolute atomic E-state index is 0.0506. The smallest absolute Gasteiger partial charge is 0.310 e. The molecule has 2 unspecified atom stereocenters. The van der Waals surface area contributed by atoms with Crippen molar-refractivity contribution in [3.8, 4) is 5.75 Å². The molecule has 0 aromatic heterocycles. The van der Waals surface area contributed by atoms with E-state index in [-0.39, 0.29) is 17.8 Å². The molecule has 5 nitrogen and oxygen atoms in total. The Balaban J connectivity index is 1.98. The summed E-state index contributed by atoms with van der Waals surface area (Å²) in [6.45, 7) is 5.19. The molecule has 0 aliphatic carbocycles. The molecule has 126 valence electrons. The van der Waals surface area contributed by atoms with Gasteiger partial charge in [0, 0.05) is 13.1 Å². The molecule has 0 bridgehead atoms. The van der Waals surface area contributed by atoms with Gasteiger partial charge in [-0.2, -0.15) is 0 Å².